The van der Waals surface area contributed by atoms with E-state index in [1.165, 1.54) is 11.8 Å². The molecule has 0 unspecified atom stereocenters. The lowest BCUT2D eigenvalue weighted by molar-refractivity contribution is 0.0523. The molecular formula is C12H21N3O2S. The van der Waals surface area contributed by atoms with E-state index in [0.717, 1.165) is 5.75 Å². The molecule has 102 valence electrons. The third-order valence-electron chi connectivity index (χ3n) is 2.29. The number of hydrogen-bond acceptors (Lipinski definition) is 5. The molecule has 1 heterocycles. The van der Waals surface area contributed by atoms with E-state index in [0.29, 0.717) is 23.0 Å². The summed E-state index contributed by atoms with van der Waals surface area (Å²) in [6.45, 7) is 10.1. The minimum absolute atomic E-state index is 0.266. The van der Waals surface area contributed by atoms with Gasteiger partial charge in [0.2, 0.25) is 0 Å². The highest BCUT2D eigenvalue weighted by Gasteiger charge is 2.27. The highest BCUT2D eigenvalue weighted by molar-refractivity contribution is 7.99. The number of carbonyl (C=O) groups is 1. The number of anilines is 1. The lowest BCUT2D eigenvalue weighted by Crippen LogP contribution is -2.25. The monoisotopic (exact) mass is 271 g/mol. The Balaban J connectivity index is 3.29. The van der Waals surface area contributed by atoms with Gasteiger partial charge in [-0.1, -0.05) is 6.92 Å². The Kier molecular flexibility index (Phi) is 4.67. The first-order valence-corrected chi connectivity index (χ1v) is 7.00. The molecule has 0 aromatic carbocycles. The van der Waals surface area contributed by atoms with E-state index >= 15 is 0 Å². The summed E-state index contributed by atoms with van der Waals surface area (Å²) < 4.78 is 6.71. The van der Waals surface area contributed by atoms with Gasteiger partial charge in [-0.3, -0.25) is 0 Å². The zero-order valence-corrected chi connectivity index (χ0v) is 12.4. The van der Waals surface area contributed by atoms with Gasteiger partial charge in [-0.2, -0.15) is 5.10 Å². The van der Waals surface area contributed by atoms with Gasteiger partial charge >= 0.3 is 5.97 Å². The van der Waals surface area contributed by atoms with Crippen LogP contribution in [0.2, 0.25) is 0 Å². The fourth-order valence-corrected chi connectivity index (χ4v) is 2.30. The van der Waals surface area contributed by atoms with E-state index in [2.05, 4.69) is 5.10 Å². The fourth-order valence-electron chi connectivity index (χ4n) is 1.55. The third-order valence-corrected chi connectivity index (χ3v) is 3.13. The Morgan fingerprint density at radius 1 is 1.44 bits per heavy atom. The van der Waals surface area contributed by atoms with Crippen LogP contribution in [0.4, 0.5) is 5.82 Å². The average molecular weight is 271 g/mol. The van der Waals surface area contributed by atoms with E-state index in [-0.39, 0.29) is 5.54 Å². The first kappa shape index (κ1) is 14.9. The van der Waals surface area contributed by atoms with Crippen LogP contribution in [0.1, 0.15) is 45.0 Å². The van der Waals surface area contributed by atoms with Gasteiger partial charge in [0.15, 0.2) is 0 Å². The molecule has 0 radical (unpaired) electrons. The smallest absolute Gasteiger partial charge is 0.344 e. The first-order valence-electron chi connectivity index (χ1n) is 6.01. The molecule has 0 bridgehead atoms. The SMILES string of the molecule is CCOC(=O)c1c(SCC)nn(C(C)(C)C)c1N. The molecule has 0 aliphatic carbocycles. The molecule has 1 aromatic heterocycles. The second kappa shape index (κ2) is 5.65. The number of nitrogen functional groups attached to an aromatic ring is 1. The van der Waals surface area contributed by atoms with Crippen LogP contribution in [0.15, 0.2) is 5.03 Å². The Hall–Kier alpha value is -1.17. The van der Waals surface area contributed by atoms with Crippen LogP contribution >= 0.6 is 11.8 Å². The second-order valence-electron chi connectivity index (χ2n) is 4.80. The predicted molar refractivity (Wildman–Crippen MR) is 74.0 cm³/mol. The Morgan fingerprint density at radius 2 is 2.06 bits per heavy atom. The van der Waals surface area contributed by atoms with Gasteiger partial charge in [-0.15, -0.1) is 11.8 Å². The summed E-state index contributed by atoms with van der Waals surface area (Å²) in [5.41, 5.74) is 6.16. The number of carbonyl (C=O) groups excluding carboxylic acids is 1. The summed E-state index contributed by atoms with van der Waals surface area (Å²) in [6, 6.07) is 0. The minimum Gasteiger partial charge on any atom is -0.462 e. The molecule has 5 nitrogen and oxygen atoms in total. The van der Waals surface area contributed by atoms with Crippen LogP contribution in [0.25, 0.3) is 0 Å². The molecule has 6 heteroatoms. The predicted octanol–water partition coefficient (Wildman–Crippen LogP) is 2.51. The topological polar surface area (TPSA) is 70.1 Å². The molecule has 0 spiro atoms. The highest BCUT2D eigenvalue weighted by Crippen LogP contribution is 2.30. The van der Waals surface area contributed by atoms with Gasteiger partial charge in [0.05, 0.1) is 12.1 Å². The maximum Gasteiger partial charge on any atom is 0.344 e. The molecule has 0 aliphatic heterocycles. The number of hydrogen-bond donors (Lipinski definition) is 1. The number of thioether (sulfide) groups is 1. The van der Waals surface area contributed by atoms with Crippen LogP contribution in [0.5, 0.6) is 0 Å². The van der Waals surface area contributed by atoms with Crippen molar-refractivity contribution in [1.82, 2.24) is 9.78 Å². The lowest BCUT2D eigenvalue weighted by atomic mass is 10.1. The number of nitrogens with two attached hydrogens (primary N) is 1. The van der Waals surface area contributed by atoms with Gasteiger partial charge in [0, 0.05) is 0 Å². The minimum atomic E-state index is -0.401. The quantitative estimate of drug-likeness (QED) is 0.673. The molecule has 18 heavy (non-hydrogen) atoms. The van der Waals surface area contributed by atoms with Crippen molar-refractivity contribution in [2.75, 3.05) is 18.1 Å². The summed E-state index contributed by atoms with van der Waals surface area (Å²) in [4.78, 5) is 11.9. The van der Waals surface area contributed by atoms with Gasteiger partial charge in [-0.25, -0.2) is 9.48 Å². The average Bonchev–Trinajstić information content (AvgIpc) is 2.56. The molecular weight excluding hydrogens is 250 g/mol. The van der Waals surface area contributed by atoms with Crippen molar-refractivity contribution in [3.63, 3.8) is 0 Å². The van der Waals surface area contributed by atoms with Crippen LogP contribution in [0.3, 0.4) is 0 Å². The number of ether oxygens (including phenoxy) is 1. The largest absolute Gasteiger partial charge is 0.462 e. The first-order chi connectivity index (χ1) is 8.32. The van der Waals surface area contributed by atoms with E-state index in [9.17, 15) is 4.79 Å². The van der Waals surface area contributed by atoms with Gasteiger partial charge in [0.1, 0.15) is 16.4 Å². The third kappa shape index (κ3) is 2.98. The Morgan fingerprint density at radius 3 is 2.50 bits per heavy atom. The molecule has 0 saturated heterocycles. The summed E-state index contributed by atoms with van der Waals surface area (Å²) in [6.07, 6.45) is 0. The lowest BCUT2D eigenvalue weighted by Gasteiger charge is -2.20. The van der Waals surface area contributed by atoms with E-state index in [4.69, 9.17) is 10.5 Å². The Labute approximate surface area is 112 Å². The van der Waals surface area contributed by atoms with Crippen molar-refractivity contribution >= 4 is 23.5 Å². The molecule has 0 aliphatic rings. The van der Waals surface area contributed by atoms with Crippen LogP contribution in [-0.4, -0.2) is 28.1 Å². The zero-order valence-electron chi connectivity index (χ0n) is 11.6. The molecule has 1 aromatic rings. The van der Waals surface area contributed by atoms with Crippen LogP contribution < -0.4 is 5.73 Å². The van der Waals surface area contributed by atoms with Crippen molar-refractivity contribution in [2.24, 2.45) is 0 Å². The Bertz CT molecular complexity index is 435. The fraction of sp³-hybridized carbons (Fsp3) is 0.667. The molecule has 2 N–H and O–H groups in total. The van der Waals surface area contributed by atoms with Crippen molar-refractivity contribution < 1.29 is 9.53 Å². The molecule has 0 saturated carbocycles. The molecule has 0 atom stereocenters. The molecule has 0 amide bonds. The van der Waals surface area contributed by atoms with E-state index in [1.807, 2.05) is 27.7 Å². The van der Waals surface area contributed by atoms with Crippen molar-refractivity contribution in [2.45, 2.75) is 45.2 Å². The molecule has 1 rings (SSSR count). The maximum absolute atomic E-state index is 11.9. The standard InChI is InChI=1S/C12H21N3O2S/c1-6-17-11(16)8-9(13)15(12(3,4)5)14-10(8)18-7-2/h6-7,13H2,1-5H3. The van der Waals surface area contributed by atoms with E-state index in [1.54, 1.807) is 11.6 Å². The van der Waals surface area contributed by atoms with Crippen LogP contribution in [0, 0.1) is 0 Å². The summed E-state index contributed by atoms with van der Waals surface area (Å²) in [5, 5.41) is 5.07. The number of esters is 1. The number of aromatic nitrogens is 2. The summed E-state index contributed by atoms with van der Waals surface area (Å²) >= 11 is 1.49. The summed E-state index contributed by atoms with van der Waals surface area (Å²) in [7, 11) is 0. The number of nitrogens with zero attached hydrogens (tertiary/aromatic N) is 2. The zero-order chi connectivity index (χ0) is 13.9. The van der Waals surface area contributed by atoms with Crippen molar-refractivity contribution in [3.05, 3.63) is 5.56 Å². The summed E-state index contributed by atoms with van der Waals surface area (Å²) in [5.74, 6) is 0.797. The highest BCUT2D eigenvalue weighted by atomic mass is 32.2. The molecule has 0 fully saturated rings. The van der Waals surface area contributed by atoms with E-state index < -0.39 is 5.97 Å². The normalized spacial score (nSPS) is 11.6. The maximum atomic E-state index is 11.9. The second-order valence-corrected chi connectivity index (χ2v) is 6.05. The van der Waals surface area contributed by atoms with Gasteiger partial charge in [0.25, 0.3) is 0 Å². The number of rotatable bonds is 4. The van der Waals surface area contributed by atoms with Crippen molar-refractivity contribution in [1.29, 1.82) is 0 Å². The van der Waals surface area contributed by atoms with Crippen LogP contribution in [-0.2, 0) is 10.3 Å². The van der Waals surface area contributed by atoms with Gasteiger partial charge < -0.3 is 10.5 Å². The van der Waals surface area contributed by atoms with Crippen molar-refractivity contribution in [3.8, 4) is 0 Å². The van der Waals surface area contributed by atoms with Gasteiger partial charge in [-0.05, 0) is 33.4 Å².